The molecule has 0 aromatic heterocycles. The third-order valence-corrected chi connectivity index (χ3v) is 5.83. The first-order valence-electron chi connectivity index (χ1n) is 10.0. The van der Waals surface area contributed by atoms with Crippen LogP contribution in [0.5, 0.6) is 17.2 Å². The van der Waals surface area contributed by atoms with E-state index in [4.69, 9.17) is 9.47 Å². The van der Waals surface area contributed by atoms with E-state index in [0.717, 1.165) is 42.1 Å². The molecule has 2 aromatic carbocycles. The van der Waals surface area contributed by atoms with Gasteiger partial charge in [0.05, 0.1) is 6.61 Å². The molecule has 5 rings (SSSR count). The number of piperidine rings is 3. The number of rotatable bonds is 8. The normalized spacial score (nSPS) is 24.4. The van der Waals surface area contributed by atoms with E-state index < -0.39 is 0 Å². The van der Waals surface area contributed by atoms with E-state index in [0.29, 0.717) is 0 Å². The topological polar surface area (TPSA) is 21.7 Å². The molecule has 3 fully saturated rings. The Labute approximate surface area is 156 Å². The van der Waals surface area contributed by atoms with Crippen LogP contribution in [0.15, 0.2) is 54.6 Å². The second-order valence-corrected chi connectivity index (χ2v) is 7.63. The van der Waals surface area contributed by atoms with E-state index in [1.54, 1.807) is 0 Å². The van der Waals surface area contributed by atoms with Gasteiger partial charge in [0.15, 0.2) is 0 Å². The Morgan fingerprint density at radius 1 is 0.808 bits per heavy atom. The minimum atomic E-state index is 0.806. The Morgan fingerprint density at radius 3 is 2.19 bits per heavy atom. The SMILES string of the molecule is c1ccc(Oc2ccc(OCCCCC3CN4CCC3CC4)cc2)cc1. The Bertz CT molecular complexity index is 662. The van der Waals surface area contributed by atoms with Crippen LogP contribution >= 0.6 is 0 Å². The van der Waals surface area contributed by atoms with Gasteiger partial charge in [-0.1, -0.05) is 18.2 Å². The quantitative estimate of drug-likeness (QED) is 0.597. The molecule has 3 aliphatic rings. The Morgan fingerprint density at radius 2 is 1.50 bits per heavy atom. The highest BCUT2D eigenvalue weighted by Gasteiger charge is 2.33. The zero-order valence-corrected chi connectivity index (χ0v) is 15.5. The number of ether oxygens (including phenoxy) is 2. The number of unbranched alkanes of at least 4 members (excludes halogenated alkanes) is 1. The van der Waals surface area contributed by atoms with Gasteiger partial charge in [-0.25, -0.2) is 0 Å². The van der Waals surface area contributed by atoms with Crippen LogP contribution in [0.3, 0.4) is 0 Å². The van der Waals surface area contributed by atoms with Gasteiger partial charge < -0.3 is 14.4 Å². The molecule has 0 saturated carbocycles. The molecule has 3 heterocycles. The van der Waals surface area contributed by atoms with Gasteiger partial charge in [-0.3, -0.25) is 0 Å². The van der Waals surface area contributed by atoms with Crippen LogP contribution in [0.25, 0.3) is 0 Å². The van der Waals surface area contributed by atoms with Crippen molar-refractivity contribution in [2.75, 3.05) is 26.2 Å². The average Bonchev–Trinajstić information content (AvgIpc) is 2.71. The molecule has 3 saturated heterocycles. The lowest BCUT2D eigenvalue weighted by molar-refractivity contribution is 0.0450. The lowest BCUT2D eigenvalue weighted by atomic mass is 9.77. The van der Waals surface area contributed by atoms with E-state index in [2.05, 4.69) is 4.90 Å². The molecule has 0 aliphatic carbocycles. The third-order valence-electron chi connectivity index (χ3n) is 5.83. The van der Waals surface area contributed by atoms with Crippen LogP contribution in [0.4, 0.5) is 0 Å². The number of para-hydroxylation sites is 1. The summed E-state index contributed by atoms with van der Waals surface area (Å²) in [5, 5.41) is 0. The van der Waals surface area contributed by atoms with Crippen molar-refractivity contribution in [3.05, 3.63) is 54.6 Å². The molecule has 3 heteroatoms. The molecule has 1 atom stereocenters. The number of fused-ring (bicyclic) bond motifs is 3. The molecular formula is C23H29NO2. The Balaban J connectivity index is 1.15. The molecule has 1 unspecified atom stereocenters. The minimum absolute atomic E-state index is 0.806. The molecule has 26 heavy (non-hydrogen) atoms. The highest BCUT2D eigenvalue weighted by Crippen LogP contribution is 2.35. The first kappa shape index (κ1) is 17.4. The van der Waals surface area contributed by atoms with Crippen molar-refractivity contribution in [2.45, 2.75) is 32.1 Å². The smallest absolute Gasteiger partial charge is 0.127 e. The maximum Gasteiger partial charge on any atom is 0.127 e. The van der Waals surface area contributed by atoms with Crippen molar-refractivity contribution in [1.29, 1.82) is 0 Å². The lowest BCUT2D eigenvalue weighted by Gasteiger charge is -2.45. The average molecular weight is 351 g/mol. The number of hydrogen-bond acceptors (Lipinski definition) is 3. The molecule has 0 N–H and O–H groups in total. The standard InChI is InChI=1S/C23H29NO2/c1-2-7-22(8-3-1)26-23-11-9-21(10-12-23)25-17-5-4-6-20-18-24-15-13-19(20)14-16-24/h1-3,7-12,19-20H,4-6,13-18H2. The molecule has 3 aliphatic heterocycles. The molecule has 0 spiro atoms. The van der Waals surface area contributed by atoms with E-state index in [-0.39, 0.29) is 0 Å². The maximum atomic E-state index is 5.90. The summed E-state index contributed by atoms with van der Waals surface area (Å²) in [5.74, 6) is 4.55. The Hall–Kier alpha value is -2.00. The predicted octanol–water partition coefficient (Wildman–Crippen LogP) is 5.37. The molecular weight excluding hydrogens is 322 g/mol. The van der Waals surface area contributed by atoms with Gasteiger partial charge >= 0.3 is 0 Å². The van der Waals surface area contributed by atoms with Gasteiger partial charge in [-0.05, 0) is 93.4 Å². The van der Waals surface area contributed by atoms with Crippen LogP contribution in [0.2, 0.25) is 0 Å². The summed E-state index contributed by atoms with van der Waals surface area (Å²) in [6, 6.07) is 17.8. The molecule has 0 radical (unpaired) electrons. The first-order valence-corrected chi connectivity index (χ1v) is 10.0. The number of nitrogens with zero attached hydrogens (tertiary/aromatic N) is 1. The zero-order chi connectivity index (χ0) is 17.6. The predicted molar refractivity (Wildman–Crippen MR) is 105 cm³/mol. The minimum Gasteiger partial charge on any atom is -0.494 e. The first-order chi connectivity index (χ1) is 12.9. The summed E-state index contributed by atoms with van der Waals surface area (Å²) in [6.45, 7) is 4.83. The van der Waals surface area contributed by atoms with Crippen molar-refractivity contribution in [3.8, 4) is 17.2 Å². The fraction of sp³-hybridized carbons (Fsp3) is 0.478. The monoisotopic (exact) mass is 351 g/mol. The van der Waals surface area contributed by atoms with Gasteiger partial charge in [-0.2, -0.15) is 0 Å². The van der Waals surface area contributed by atoms with Crippen LogP contribution < -0.4 is 9.47 Å². The summed E-state index contributed by atoms with van der Waals surface area (Å²) in [5.41, 5.74) is 0. The third kappa shape index (κ3) is 4.59. The highest BCUT2D eigenvalue weighted by molar-refractivity contribution is 5.35. The van der Waals surface area contributed by atoms with Crippen molar-refractivity contribution in [3.63, 3.8) is 0 Å². The van der Waals surface area contributed by atoms with Crippen molar-refractivity contribution < 1.29 is 9.47 Å². The summed E-state index contributed by atoms with van der Waals surface area (Å²) in [6.07, 6.45) is 6.65. The second kappa shape index (κ2) is 8.59. The molecule has 138 valence electrons. The largest absolute Gasteiger partial charge is 0.494 e. The highest BCUT2D eigenvalue weighted by atomic mass is 16.5. The Kier molecular flexibility index (Phi) is 5.75. The van der Waals surface area contributed by atoms with Gasteiger partial charge in [0.25, 0.3) is 0 Å². The van der Waals surface area contributed by atoms with Crippen LogP contribution in [0.1, 0.15) is 32.1 Å². The summed E-state index contributed by atoms with van der Waals surface area (Å²) in [4.78, 5) is 2.65. The van der Waals surface area contributed by atoms with Crippen molar-refractivity contribution in [1.82, 2.24) is 4.90 Å². The van der Waals surface area contributed by atoms with E-state index in [1.807, 2.05) is 54.6 Å². The fourth-order valence-electron chi connectivity index (χ4n) is 4.34. The fourth-order valence-corrected chi connectivity index (χ4v) is 4.34. The van der Waals surface area contributed by atoms with E-state index >= 15 is 0 Å². The van der Waals surface area contributed by atoms with Gasteiger partial charge in [0, 0.05) is 6.54 Å². The van der Waals surface area contributed by atoms with Crippen LogP contribution in [0, 0.1) is 11.8 Å². The summed E-state index contributed by atoms with van der Waals surface area (Å²) in [7, 11) is 0. The number of benzene rings is 2. The van der Waals surface area contributed by atoms with Crippen LogP contribution in [-0.4, -0.2) is 31.1 Å². The zero-order valence-electron chi connectivity index (χ0n) is 15.5. The van der Waals surface area contributed by atoms with Gasteiger partial charge in [0.1, 0.15) is 17.2 Å². The maximum absolute atomic E-state index is 5.90. The summed E-state index contributed by atoms with van der Waals surface area (Å²) < 4.78 is 11.7. The van der Waals surface area contributed by atoms with E-state index in [1.165, 1.54) is 45.3 Å². The molecule has 2 aromatic rings. The van der Waals surface area contributed by atoms with Crippen molar-refractivity contribution in [2.24, 2.45) is 11.8 Å². The van der Waals surface area contributed by atoms with Crippen molar-refractivity contribution >= 4 is 0 Å². The summed E-state index contributed by atoms with van der Waals surface area (Å²) >= 11 is 0. The van der Waals surface area contributed by atoms with E-state index in [9.17, 15) is 0 Å². The van der Waals surface area contributed by atoms with Crippen LogP contribution in [-0.2, 0) is 0 Å². The van der Waals surface area contributed by atoms with Gasteiger partial charge in [0.2, 0.25) is 0 Å². The second-order valence-electron chi connectivity index (χ2n) is 7.63. The van der Waals surface area contributed by atoms with Gasteiger partial charge in [-0.15, -0.1) is 0 Å². The molecule has 3 nitrogen and oxygen atoms in total. The molecule has 2 bridgehead atoms. The lowest BCUT2D eigenvalue weighted by Crippen LogP contribution is -2.47. The number of hydrogen-bond donors (Lipinski definition) is 0. The molecule has 0 amide bonds.